The van der Waals surface area contributed by atoms with E-state index in [1.807, 2.05) is 24.3 Å². The summed E-state index contributed by atoms with van der Waals surface area (Å²) in [4.78, 5) is 24.4. The van der Waals surface area contributed by atoms with Crippen molar-refractivity contribution in [1.82, 2.24) is 15.3 Å². The van der Waals surface area contributed by atoms with Gasteiger partial charge in [0.1, 0.15) is 0 Å². The van der Waals surface area contributed by atoms with E-state index in [4.69, 9.17) is 19.4 Å². The third-order valence-electron chi connectivity index (χ3n) is 5.58. The number of para-hydroxylation sites is 2. The summed E-state index contributed by atoms with van der Waals surface area (Å²) in [6.45, 7) is 5.56. The number of piperidine rings is 1. The molecule has 0 radical (unpaired) electrons. The minimum atomic E-state index is -0.0579. The largest absolute Gasteiger partial charge is 0.475 e. The van der Waals surface area contributed by atoms with E-state index < -0.39 is 0 Å². The number of fused-ring (bicyclic) bond motifs is 1. The number of carbonyl (C=O) groups excluding carboxylic acids is 1. The maximum Gasteiger partial charge on any atom is 0.258 e. The first-order valence-electron chi connectivity index (χ1n) is 10.8. The number of benzene rings is 1. The number of nitrogens with one attached hydrogen (secondary N) is 1. The van der Waals surface area contributed by atoms with Gasteiger partial charge in [-0.1, -0.05) is 19.1 Å². The minimum absolute atomic E-state index is 0.0579. The minimum Gasteiger partial charge on any atom is -0.475 e. The van der Waals surface area contributed by atoms with Gasteiger partial charge in [0.15, 0.2) is 5.82 Å². The van der Waals surface area contributed by atoms with E-state index in [0.717, 1.165) is 62.1 Å². The number of amides is 1. The van der Waals surface area contributed by atoms with E-state index in [1.54, 1.807) is 0 Å². The Morgan fingerprint density at radius 3 is 2.83 bits per heavy atom. The zero-order valence-corrected chi connectivity index (χ0v) is 17.1. The van der Waals surface area contributed by atoms with Crippen LogP contribution in [0.1, 0.15) is 39.0 Å². The molecule has 0 unspecified atom stereocenters. The van der Waals surface area contributed by atoms with Gasteiger partial charge < -0.3 is 19.7 Å². The van der Waals surface area contributed by atoms with Crippen LogP contribution in [0.15, 0.2) is 24.3 Å². The molecule has 2 aromatic rings. The molecule has 1 N–H and O–H groups in total. The van der Waals surface area contributed by atoms with Crippen LogP contribution in [0.25, 0.3) is 11.0 Å². The summed E-state index contributed by atoms with van der Waals surface area (Å²) in [6.07, 6.45) is 5.02. The highest BCUT2D eigenvalue weighted by Gasteiger charge is 2.29. The molecule has 2 saturated heterocycles. The van der Waals surface area contributed by atoms with Crippen molar-refractivity contribution in [3.05, 3.63) is 24.3 Å². The Bertz CT molecular complexity index is 838. The van der Waals surface area contributed by atoms with E-state index in [9.17, 15) is 4.79 Å². The van der Waals surface area contributed by atoms with Gasteiger partial charge in [-0.25, -0.2) is 9.97 Å². The summed E-state index contributed by atoms with van der Waals surface area (Å²) in [5, 5.41) is 3.09. The van der Waals surface area contributed by atoms with Gasteiger partial charge in [-0.15, -0.1) is 0 Å². The lowest BCUT2D eigenvalue weighted by molar-refractivity contribution is -0.125. The number of nitrogens with zero attached hydrogens (tertiary/aromatic N) is 3. The van der Waals surface area contributed by atoms with Crippen LogP contribution >= 0.6 is 0 Å². The van der Waals surface area contributed by atoms with Crippen molar-refractivity contribution in [1.29, 1.82) is 0 Å². The second-order valence-electron chi connectivity index (χ2n) is 7.85. The molecule has 156 valence electrons. The Balaban J connectivity index is 1.49. The molecule has 0 bridgehead atoms. The normalized spacial score (nSPS) is 22.0. The highest BCUT2D eigenvalue weighted by atomic mass is 16.5. The molecular formula is C22H30N4O3. The Hall–Kier alpha value is -2.41. The number of carbonyl (C=O) groups is 1. The third-order valence-corrected chi connectivity index (χ3v) is 5.58. The number of hydrogen-bond donors (Lipinski definition) is 1. The number of ether oxygens (including phenoxy) is 2. The molecule has 1 aromatic carbocycles. The average molecular weight is 399 g/mol. The van der Waals surface area contributed by atoms with Crippen LogP contribution in [-0.4, -0.2) is 54.8 Å². The third kappa shape index (κ3) is 4.78. The lowest BCUT2D eigenvalue weighted by Gasteiger charge is -2.33. The van der Waals surface area contributed by atoms with Crippen LogP contribution in [0.5, 0.6) is 5.88 Å². The fourth-order valence-electron chi connectivity index (χ4n) is 4.02. The molecule has 4 rings (SSSR count). The van der Waals surface area contributed by atoms with Crippen molar-refractivity contribution in [2.24, 2.45) is 5.92 Å². The van der Waals surface area contributed by atoms with Crippen LogP contribution < -0.4 is 15.0 Å². The second kappa shape index (κ2) is 9.39. The van der Waals surface area contributed by atoms with Gasteiger partial charge in [0.05, 0.1) is 29.7 Å². The van der Waals surface area contributed by atoms with Gasteiger partial charge in [0.25, 0.3) is 5.88 Å². The molecule has 1 aromatic heterocycles. The van der Waals surface area contributed by atoms with Crippen molar-refractivity contribution in [3.63, 3.8) is 0 Å². The van der Waals surface area contributed by atoms with Gasteiger partial charge in [0, 0.05) is 26.2 Å². The Kier molecular flexibility index (Phi) is 6.44. The summed E-state index contributed by atoms with van der Waals surface area (Å²) in [6, 6.07) is 7.83. The van der Waals surface area contributed by atoms with Crippen molar-refractivity contribution < 1.29 is 14.3 Å². The van der Waals surface area contributed by atoms with Crippen LogP contribution in [0, 0.1) is 5.92 Å². The fourth-order valence-corrected chi connectivity index (χ4v) is 4.02. The predicted octanol–water partition coefficient (Wildman–Crippen LogP) is 2.93. The highest BCUT2D eigenvalue weighted by molar-refractivity contribution is 5.80. The Morgan fingerprint density at radius 2 is 2.07 bits per heavy atom. The highest BCUT2D eigenvalue weighted by Crippen LogP contribution is 2.31. The molecule has 7 heteroatoms. The second-order valence-corrected chi connectivity index (χ2v) is 7.85. The van der Waals surface area contributed by atoms with Crippen molar-refractivity contribution in [2.45, 2.75) is 45.1 Å². The zero-order valence-electron chi connectivity index (χ0n) is 17.1. The first kappa shape index (κ1) is 19.9. The predicted molar refractivity (Wildman–Crippen MR) is 112 cm³/mol. The summed E-state index contributed by atoms with van der Waals surface area (Å²) in [7, 11) is 0. The lowest BCUT2D eigenvalue weighted by atomic mass is 9.97. The van der Waals surface area contributed by atoms with E-state index in [-0.39, 0.29) is 17.9 Å². The summed E-state index contributed by atoms with van der Waals surface area (Å²) in [5.41, 5.74) is 1.67. The average Bonchev–Trinajstić information content (AvgIpc) is 3.29. The molecule has 2 atom stereocenters. The number of hydrogen-bond acceptors (Lipinski definition) is 6. The summed E-state index contributed by atoms with van der Waals surface area (Å²) in [5.74, 6) is 1.35. The SMILES string of the molecule is CCCOc1nc2ccccc2nc1N1CCC[C@H](C(=O)NC[C@@H]2CCCO2)C1. The van der Waals surface area contributed by atoms with Gasteiger partial charge in [0.2, 0.25) is 5.91 Å². The molecule has 2 aliphatic rings. The monoisotopic (exact) mass is 398 g/mol. The van der Waals surface area contributed by atoms with Gasteiger partial charge >= 0.3 is 0 Å². The van der Waals surface area contributed by atoms with Crippen LogP contribution in [0.3, 0.4) is 0 Å². The van der Waals surface area contributed by atoms with Crippen molar-refractivity contribution in [2.75, 3.05) is 37.7 Å². The van der Waals surface area contributed by atoms with Crippen LogP contribution in [0.2, 0.25) is 0 Å². The zero-order chi connectivity index (χ0) is 20.1. The smallest absolute Gasteiger partial charge is 0.258 e. The standard InChI is InChI=1S/C22H30N4O3/c1-2-12-29-22-20(24-18-9-3-4-10-19(18)25-22)26-11-5-7-16(15-26)21(27)23-14-17-8-6-13-28-17/h3-4,9-10,16-17H,2,5-8,11-15H2,1H3,(H,23,27)/t16-,17-/m0/s1. The summed E-state index contributed by atoms with van der Waals surface area (Å²) >= 11 is 0. The Labute approximate surface area is 171 Å². The molecule has 0 saturated carbocycles. The van der Waals surface area contributed by atoms with Crippen molar-refractivity contribution >= 4 is 22.8 Å². The molecule has 3 heterocycles. The van der Waals surface area contributed by atoms with Crippen LogP contribution in [0.4, 0.5) is 5.82 Å². The molecule has 2 aliphatic heterocycles. The molecule has 0 spiro atoms. The molecule has 0 aliphatic carbocycles. The molecule has 1 amide bonds. The Morgan fingerprint density at radius 1 is 1.24 bits per heavy atom. The quantitative estimate of drug-likeness (QED) is 0.773. The topological polar surface area (TPSA) is 76.6 Å². The molecular weight excluding hydrogens is 368 g/mol. The first-order chi connectivity index (χ1) is 14.2. The van der Waals surface area contributed by atoms with Gasteiger partial charge in [-0.2, -0.15) is 0 Å². The van der Waals surface area contributed by atoms with E-state index >= 15 is 0 Å². The summed E-state index contributed by atoms with van der Waals surface area (Å²) < 4.78 is 11.5. The number of rotatable bonds is 7. The molecule has 29 heavy (non-hydrogen) atoms. The maximum absolute atomic E-state index is 12.7. The van der Waals surface area contributed by atoms with Gasteiger partial charge in [-0.05, 0) is 44.2 Å². The molecule has 2 fully saturated rings. The number of anilines is 1. The van der Waals surface area contributed by atoms with Crippen LogP contribution in [-0.2, 0) is 9.53 Å². The van der Waals surface area contributed by atoms with E-state index in [2.05, 4.69) is 17.1 Å². The fraction of sp³-hybridized carbons (Fsp3) is 0.591. The molecule has 7 nitrogen and oxygen atoms in total. The maximum atomic E-state index is 12.7. The lowest BCUT2D eigenvalue weighted by Crippen LogP contribution is -2.45. The first-order valence-corrected chi connectivity index (χ1v) is 10.8. The van der Waals surface area contributed by atoms with E-state index in [1.165, 1.54) is 0 Å². The van der Waals surface area contributed by atoms with E-state index in [0.29, 0.717) is 25.6 Å². The number of aromatic nitrogens is 2. The van der Waals surface area contributed by atoms with Gasteiger partial charge in [-0.3, -0.25) is 4.79 Å². The van der Waals surface area contributed by atoms with Crippen molar-refractivity contribution in [3.8, 4) is 5.88 Å².